The van der Waals surface area contributed by atoms with Crippen LogP contribution in [0.2, 0.25) is 0 Å². The first-order chi connectivity index (χ1) is 15.2. The lowest BCUT2D eigenvalue weighted by molar-refractivity contribution is 0.270. The fourth-order valence-electron chi connectivity index (χ4n) is 3.52. The molecule has 0 amide bonds. The Hall–Kier alpha value is -2.27. The van der Waals surface area contributed by atoms with E-state index in [-0.39, 0.29) is 24.0 Å². The number of methoxy groups -OCH3 is 2. The number of aliphatic imine (C=N–C) groups is 1. The van der Waals surface area contributed by atoms with Gasteiger partial charge in [0.1, 0.15) is 5.82 Å². The summed E-state index contributed by atoms with van der Waals surface area (Å²) < 4.78 is 10.7. The predicted molar refractivity (Wildman–Crippen MR) is 142 cm³/mol. The van der Waals surface area contributed by atoms with Crippen molar-refractivity contribution in [1.29, 1.82) is 0 Å². The maximum Gasteiger partial charge on any atom is 0.196 e. The predicted octanol–water partition coefficient (Wildman–Crippen LogP) is 3.44. The number of piperazine rings is 1. The van der Waals surface area contributed by atoms with Crippen LogP contribution in [0.1, 0.15) is 19.4 Å². The Morgan fingerprint density at radius 3 is 2.38 bits per heavy atom. The molecule has 1 fully saturated rings. The second-order valence-corrected chi connectivity index (χ2v) is 7.34. The van der Waals surface area contributed by atoms with E-state index in [1.54, 1.807) is 14.2 Å². The van der Waals surface area contributed by atoms with E-state index < -0.39 is 0 Å². The van der Waals surface area contributed by atoms with Crippen LogP contribution in [0.15, 0.2) is 41.5 Å². The van der Waals surface area contributed by atoms with Gasteiger partial charge in [-0.1, -0.05) is 13.0 Å². The molecule has 0 radical (unpaired) electrons. The number of benzene rings is 1. The number of nitrogens with one attached hydrogen (secondary N) is 2. The van der Waals surface area contributed by atoms with Gasteiger partial charge in [-0.05, 0) is 37.2 Å². The maximum atomic E-state index is 5.38. The fourth-order valence-corrected chi connectivity index (χ4v) is 3.52. The van der Waals surface area contributed by atoms with Gasteiger partial charge in [-0.3, -0.25) is 0 Å². The van der Waals surface area contributed by atoms with Gasteiger partial charge < -0.3 is 29.9 Å². The van der Waals surface area contributed by atoms with Gasteiger partial charge in [-0.15, -0.1) is 24.0 Å². The lowest BCUT2D eigenvalue weighted by Crippen LogP contribution is -2.46. The normalized spacial score (nSPS) is 14.5. The summed E-state index contributed by atoms with van der Waals surface area (Å²) in [5.74, 6) is 3.11. The summed E-state index contributed by atoms with van der Waals surface area (Å²) >= 11 is 0. The molecule has 32 heavy (non-hydrogen) atoms. The third-order valence-corrected chi connectivity index (χ3v) is 5.36. The van der Waals surface area contributed by atoms with Crippen molar-refractivity contribution >= 4 is 41.4 Å². The molecule has 0 spiro atoms. The van der Waals surface area contributed by atoms with Crippen LogP contribution >= 0.6 is 24.0 Å². The molecule has 1 aliphatic heterocycles. The van der Waals surface area contributed by atoms with Gasteiger partial charge in [0, 0.05) is 50.7 Å². The molecule has 2 heterocycles. The Bertz CT molecular complexity index is 854. The number of hydrogen-bond acceptors (Lipinski definition) is 6. The summed E-state index contributed by atoms with van der Waals surface area (Å²) in [4.78, 5) is 14.2. The zero-order chi connectivity index (χ0) is 22.1. The Labute approximate surface area is 208 Å². The molecule has 176 valence electrons. The van der Waals surface area contributed by atoms with Crippen molar-refractivity contribution in [3.8, 4) is 11.5 Å². The lowest BCUT2D eigenvalue weighted by atomic mass is 10.2. The highest BCUT2D eigenvalue weighted by atomic mass is 127. The third-order valence-electron chi connectivity index (χ3n) is 5.36. The molecule has 0 bridgehead atoms. The number of aromatic nitrogens is 1. The molecule has 0 saturated carbocycles. The fraction of sp³-hybridized carbons (Fsp3) is 0.478. The molecular formula is C23H35IN6O2. The Balaban J connectivity index is 0.00000363. The van der Waals surface area contributed by atoms with E-state index in [0.717, 1.165) is 56.3 Å². The van der Waals surface area contributed by atoms with Gasteiger partial charge >= 0.3 is 0 Å². The summed E-state index contributed by atoms with van der Waals surface area (Å²) in [6, 6.07) is 9.90. The van der Waals surface area contributed by atoms with E-state index in [0.29, 0.717) is 24.0 Å². The van der Waals surface area contributed by atoms with Crippen LogP contribution in [-0.4, -0.2) is 69.3 Å². The van der Waals surface area contributed by atoms with E-state index in [9.17, 15) is 0 Å². The summed E-state index contributed by atoms with van der Waals surface area (Å²) in [7, 11) is 3.25. The molecule has 0 unspecified atom stereocenters. The van der Waals surface area contributed by atoms with Gasteiger partial charge in [-0.25, -0.2) is 9.98 Å². The number of hydrogen-bond donors (Lipinski definition) is 2. The van der Waals surface area contributed by atoms with E-state index in [1.807, 2.05) is 31.3 Å². The number of halogens is 1. The van der Waals surface area contributed by atoms with Crippen LogP contribution in [0, 0.1) is 0 Å². The second-order valence-electron chi connectivity index (χ2n) is 7.34. The van der Waals surface area contributed by atoms with Gasteiger partial charge in [0.2, 0.25) is 0 Å². The zero-order valence-electron chi connectivity index (χ0n) is 19.4. The molecule has 1 aromatic heterocycles. The highest BCUT2D eigenvalue weighted by Crippen LogP contribution is 2.29. The summed E-state index contributed by atoms with van der Waals surface area (Å²) in [6.45, 7) is 10.9. The molecule has 9 heteroatoms. The average molecular weight is 554 g/mol. The first-order valence-electron chi connectivity index (χ1n) is 10.9. The van der Waals surface area contributed by atoms with Gasteiger partial charge in [0.15, 0.2) is 17.5 Å². The molecule has 3 rings (SSSR count). The first-order valence-corrected chi connectivity index (χ1v) is 10.9. The number of ether oxygens (including phenoxy) is 2. The minimum atomic E-state index is 0. The molecule has 1 aliphatic rings. The number of guanidine groups is 1. The van der Waals surface area contributed by atoms with E-state index in [1.165, 1.54) is 0 Å². The third kappa shape index (κ3) is 7.13. The zero-order valence-corrected chi connectivity index (χ0v) is 21.8. The van der Waals surface area contributed by atoms with Crippen molar-refractivity contribution in [2.24, 2.45) is 4.99 Å². The molecule has 2 N–H and O–H groups in total. The molecule has 1 aromatic carbocycles. The van der Waals surface area contributed by atoms with Gasteiger partial charge in [-0.2, -0.15) is 0 Å². The number of anilines is 2. The summed E-state index contributed by atoms with van der Waals surface area (Å²) in [6.07, 6.45) is 1.92. The van der Waals surface area contributed by atoms with E-state index >= 15 is 0 Å². The van der Waals surface area contributed by atoms with Crippen molar-refractivity contribution in [1.82, 2.24) is 15.2 Å². The van der Waals surface area contributed by atoms with Crippen LogP contribution in [-0.2, 0) is 6.54 Å². The van der Waals surface area contributed by atoms with E-state index in [4.69, 9.17) is 14.5 Å². The van der Waals surface area contributed by atoms with Crippen molar-refractivity contribution in [2.75, 3.05) is 63.7 Å². The minimum Gasteiger partial charge on any atom is -0.493 e. The Morgan fingerprint density at radius 1 is 1.03 bits per heavy atom. The number of nitrogens with zero attached hydrogens (tertiary/aromatic N) is 4. The first kappa shape index (κ1) is 26.0. The molecule has 1 saturated heterocycles. The quantitative estimate of drug-likeness (QED) is 0.294. The highest BCUT2D eigenvalue weighted by Gasteiger charge is 2.16. The molecule has 0 atom stereocenters. The van der Waals surface area contributed by atoms with Crippen molar-refractivity contribution in [3.63, 3.8) is 0 Å². The van der Waals surface area contributed by atoms with Crippen molar-refractivity contribution in [2.45, 2.75) is 20.4 Å². The molecule has 0 aliphatic carbocycles. The smallest absolute Gasteiger partial charge is 0.196 e. The number of likely N-dealkylation sites (N-methyl/N-ethyl adjacent to an activating group) is 1. The van der Waals surface area contributed by atoms with Crippen molar-refractivity contribution < 1.29 is 9.47 Å². The Morgan fingerprint density at radius 2 is 1.78 bits per heavy atom. The largest absolute Gasteiger partial charge is 0.493 e. The average Bonchev–Trinajstić information content (AvgIpc) is 2.83. The number of pyridine rings is 1. The van der Waals surface area contributed by atoms with Gasteiger partial charge in [0.05, 0.1) is 20.8 Å². The van der Waals surface area contributed by atoms with Crippen LogP contribution in [0.25, 0.3) is 0 Å². The van der Waals surface area contributed by atoms with Crippen LogP contribution < -0.4 is 25.0 Å². The summed E-state index contributed by atoms with van der Waals surface area (Å²) in [5, 5.41) is 6.59. The van der Waals surface area contributed by atoms with Crippen LogP contribution in [0.3, 0.4) is 0 Å². The summed E-state index contributed by atoms with van der Waals surface area (Å²) in [5.41, 5.74) is 1.94. The topological polar surface area (TPSA) is 74.3 Å². The van der Waals surface area contributed by atoms with Gasteiger partial charge in [0.25, 0.3) is 0 Å². The Kier molecular flexibility index (Phi) is 10.8. The van der Waals surface area contributed by atoms with Crippen molar-refractivity contribution in [3.05, 3.63) is 42.1 Å². The monoisotopic (exact) mass is 554 g/mol. The second kappa shape index (κ2) is 13.3. The minimum absolute atomic E-state index is 0. The SMILES string of the molecule is CCNC(=NCc1ccc(N2CCN(CC)CC2)nc1)Nc1ccc(OC)c(OC)c1.I. The van der Waals surface area contributed by atoms with E-state index in [2.05, 4.69) is 44.5 Å². The maximum absolute atomic E-state index is 5.38. The lowest BCUT2D eigenvalue weighted by Gasteiger charge is -2.34. The molecule has 2 aromatic rings. The van der Waals surface area contributed by atoms with Crippen LogP contribution in [0.4, 0.5) is 11.5 Å². The molecular weight excluding hydrogens is 519 g/mol. The van der Waals surface area contributed by atoms with Crippen LogP contribution in [0.5, 0.6) is 11.5 Å². The highest BCUT2D eigenvalue weighted by molar-refractivity contribution is 14.0. The standard InChI is InChI=1S/C23H34N6O2.HI/c1-5-24-23(27-19-8-9-20(30-3)21(15-19)31-4)26-17-18-7-10-22(25-16-18)29-13-11-28(6-2)12-14-29;/h7-10,15-16H,5-6,11-14,17H2,1-4H3,(H2,24,26,27);1H. The number of rotatable bonds is 8. The molecule has 8 nitrogen and oxygen atoms in total.